The molecule has 2 aromatic carbocycles. The van der Waals surface area contributed by atoms with Crippen molar-refractivity contribution >= 4 is 44.9 Å². The first-order valence-electron chi connectivity index (χ1n) is 8.64. The van der Waals surface area contributed by atoms with Gasteiger partial charge in [0.25, 0.3) is 0 Å². The summed E-state index contributed by atoms with van der Waals surface area (Å²) < 4.78 is 2.49. The average molecular weight is 411 g/mol. The Bertz CT molecular complexity index is 1070. The predicted octanol–water partition coefficient (Wildman–Crippen LogP) is 3.31. The molecule has 9 heteroatoms. The number of carbonyl (C=O) groups excluding carboxylic acids is 1. The van der Waals surface area contributed by atoms with E-state index in [-0.39, 0.29) is 11.2 Å². The van der Waals surface area contributed by atoms with Gasteiger partial charge in [0.15, 0.2) is 0 Å². The zero-order valence-electron chi connectivity index (χ0n) is 15.1. The summed E-state index contributed by atoms with van der Waals surface area (Å²) in [6, 6.07) is 16.0. The molecule has 4 rings (SSSR count). The molecule has 3 N–H and O–H groups in total. The molecule has 0 aliphatic rings. The molecule has 0 aliphatic carbocycles. The zero-order chi connectivity index (χ0) is 19.5. The zero-order valence-corrected chi connectivity index (χ0v) is 16.7. The van der Waals surface area contributed by atoms with Gasteiger partial charge in [0, 0.05) is 12.1 Å². The molecule has 0 saturated heterocycles. The minimum absolute atomic E-state index is 0.119. The van der Waals surface area contributed by atoms with Crippen LogP contribution in [0.25, 0.3) is 10.2 Å². The SMILES string of the molecule is C[C@@H](Sc1nncn1N)C(=O)Nc1ccc(Cc2nc3ccccc3s2)cc1. The highest BCUT2D eigenvalue weighted by atomic mass is 32.2. The van der Waals surface area contributed by atoms with Crippen molar-refractivity contribution < 1.29 is 4.79 Å². The van der Waals surface area contributed by atoms with Crippen LogP contribution in [-0.4, -0.2) is 31.0 Å². The molecule has 0 saturated carbocycles. The summed E-state index contributed by atoms with van der Waals surface area (Å²) in [5, 5.41) is 11.7. The molecule has 4 aromatic rings. The Morgan fingerprint density at radius 1 is 1.25 bits per heavy atom. The van der Waals surface area contributed by atoms with E-state index in [4.69, 9.17) is 5.84 Å². The second-order valence-corrected chi connectivity index (χ2v) is 8.64. The lowest BCUT2D eigenvalue weighted by molar-refractivity contribution is -0.115. The number of amides is 1. The fourth-order valence-corrected chi connectivity index (χ4v) is 4.39. The summed E-state index contributed by atoms with van der Waals surface area (Å²) >= 11 is 2.96. The second-order valence-electron chi connectivity index (χ2n) is 6.22. The van der Waals surface area contributed by atoms with Gasteiger partial charge in [-0.25, -0.2) is 9.66 Å². The highest BCUT2D eigenvalue weighted by molar-refractivity contribution is 8.00. The number of fused-ring (bicyclic) bond motifs is 1. The minimum Gasteiger partial charge on any atom is -0.336 e. The number of nitrogens with two attached hydrogens (primary N) is 1. The number of anilines is 1. The molecule has 2 heterocycles. The maximum Gasteiger partial charge on any atom is 0.237 e. The molecule has 28 heavy (non-hydrogen) atoms. The topological polar surface area (TPSA) is 98.7 Å². The number of nitrogen functional groups attached to an aromatic ring is 1. The van der Waals surface area contributed by atoms with Gasteiger partial charge in [0.1, 0.15) is 6.33 Å². The molecule has 2 aromatic heterocycles. The van der Waals surface area contributed by atoms with Crippen molar-refractivity contribution in [2.24, 2.45) is 0 Å². The van der Waals surface area contributed by atoms with Crippen molar-refractivity contribution in [3.63, 3.8) is 0 Å². The van der Waals surface area contributed by atoms with Crippen LogP contribution in [0.3, 0.4) is 0 Å². The van der Waals surface area contributed by atoms with Gasteiger partial charge in [-0.1, -0.05) is 36.0 Å². The number of carbonyl (C=O) groups is 1. The van der Waals surface area contributed by atoms with Gasteiger partial charge in [-0.3, -0.25) is 4.79 Å². The molecule has 0 radical (unpaired) electrons. The molecule has 0 fully saturated rings. The molecule has 0 spiro atoms. The van der Waals surface area contributed by atoms with Crippen LogP contribution in [0, 0.1) is 0 Å². The number of para-hydroxylation sites is 1. The Hall–Kier alpha value is -2.91. The highest BCUT2D eigenvalue weighted by Crippen LogP contribution is 2.24. The number of rotatable bonds is 6. The molecule has 0 aliphatic heterocycles. The van der Waals surface area contributed by atoms with Gasteiger partial charge in [0.2, 0.25) is 11.1 Å². The molecule has 1 amide bonds. The van der Waals surface area contributed by atoms with Crippen LogP contribution >= 0.6 is 23.1 Å². The Kier molecular flexibility index (Phi) is 5.27. The Labute approximate surface area is 170 Å². The van der Waals surface area contributed by atoms with Gasteiger partial charge in [-0.2, -0.15) is 0 Å². The monoisotopic (exact) mass is 410 g/mol. The Morgan fingerprint density at radius 3 is 2.75 bits per heavy atom. The van der Waals surface area contributed by atoms with Crippen LogP contribution in [-0.2, 0) is 11.2 Å². The molecule has 0 bridgehead atoms. The van der Waals surface area contributed by atoms with Crippen LogP contribution in [0.2, 0.25) is 0 Å². The number of hydrogen-bond donors (Lipinski definition) is 2. The first-order valence-corrected chi connectivity index (χ1v) is 10.3. The molecule has 142 valence electrons. The first-order chi connectivity index (χ1) is 13.6. The smallest absolute Gasteiger partial charge is 0.237 e. The third-order valence-corrected chi connectivity index (χ3v) is 6.21. The molecular weight excluding hydrogens is 392 g/mol. The van der Waals surface area contributed by atoms with Gasteiger partial charge >= 0.3 is 0 Å². The van der Waals surface area contributed by atoms with E-state index in [1.807, 2.05) is 42.5 Å². The number of thiazole rings is 1. The van der Waals surface area contributed by atoms with Crippen molar-refractivity contribution in [1.29, 1.82) is 0 Å². The maximum absolute atomic E-state index is 12.4. The Balaban J connectivity index is 1.37. The van der Waals surface area contributed by atoms with E-state index in [1.165, 1.54) is 27.5 Å². The standard InChI is InChI=1S/C19H18N6OS2/c1-12(27-19-24-21-11-25(19)20)18(26)22-14-8-6-13(7-9-14)10-17-23-15-4-2-3-5-16(15)28-17/h2-9,11-12H,10,20H2,1H3,(H,22,26)/t12-/m1/s1. The normalized spacial score (nSPS) is 12.2. The average Bonchev–Trinajstić information content (AvgIpc) is 3.28. The summed E-state index contributed by atoms with van der Waals surface area (Å²) in [6.07, 6.45) is 2.17. The van der Waals surface area contributed by atoms with Gasteiger partial charge < -0.3 is 11.2 Å². The summed E-state index contributed by atoms with van der Waals surface area (Å²) in [5.74, 6) is 5.56. The summed E-state index contributed by atoms with van der Waals surface area (Å²) in [6.45, 7) is 1.80. The van der Waals surface area contributed by atoms with Crippen LogP contribution < -0.4 is 11.2 Å². The first kappa shape index (κ1) is 18.5. The van der Waals surface area contributed by atoms with E-state index in [1.54, 1.807) is 18.3 Å². The van der Waals surface area contributed by atoms with Crippen LogP contribution in [0.15, 0.2) is 60.0 Å². The molecular formula is C19H18N6OS2. The van der Waals surface area contributed by atoms with E-state index in [2.05, 4.69) is 26.6 Å². The fourth-order valence-electron chi connectivity index (χ4n) is 2.65. The second kappa shape index (κ2) is 7.99. The largest absolute Gasteiger partial charge is 0.336 e. The minimum atomic E-state index is -0.353. The van der Waals surface area contributed by atoms with E-state index in [9.17, 15) is 4.79 Å². The highest BCUT2D eigenvalue weighted by Gasteiger charge is 2.17. The third-order valence-electron chi connectivity index (χ3n) is 4.11. The summed E-state index contributed by atoms with van der Waals surface area (Å²) in [4.78, 5) is 17.1. The van der Waals surface area contributed by atoms with Gasteiger partial charge in [-0.05, 0) is 36.8 Å². The van der Waals surface area contributed by atoms with E-state index in [0.29, 0.717) is 5.16 Å². The number of nitrogens with one attached hydrogen (secondary N) is 1. The van der Waals surface area contributed by atoms with Crippen molar-refractivity contribution in [1.82, 2.24) is 19.9 Å². The number of nitrogens with zero attached hydrogens (tertiary/aromatic N) is 4. The van der Waals surface area contributed by atoms with Crippen LogP contribution in [0.1, 0.15) is 17.5 Å². The number of benzene rings is 2. The van der Waals surface area contributed by atoms with Gasteiger partial charge in [-0.15, -0.1) is 21.5 Å². The quantitative estimate of drug-likeness (QED) is 0.374. The van der Waals surface area contributed by atoms with Gasteiger partial charge in [0.05, 0.1) is 20.5 Å². The molecule has 7 nitrogen and oxygen atoms in total. The molecule has 1 atom stereocenters. The lowest BCUT2D eigenvalue weighted by Gasteiger charge is -2.11. The van der Waals surface area contributed by atoms with E-state index >= 15 is 0 Å². The van der Waals surface area contributed by atoms with Crippen molar-refractivity contribution in [3.05, 3.63) is 65.4 Å². The molecule has 0 unspecified atom stereocenters. The van der Waals surface area contributed by atoms with Crippen LogP contribution in [0.4, 0.5) is 5.69 Å². The van der Waals surface area contributed by atoms with Crippen molar-refractivity contribution in [2.45, 2.75) is 23.8 Å². The third kappa shape index (κ3) is 4.15. The van der Waals surface area contributed by atoms with Crippen molar-refractivity contribution in [3.8, 4) is 0 Å². The summed E-state index contributed by atoms with van der Waals surface area (Å²) in [7, 11) is 0. The summed E-state index contributed by atoms with van der Waals surface area (Å²) in [5.41, 5.74) is 2.93. The van der Waals surface area contributed by atoms with E-state index < -0.39 is 0 Å². The fraction of sp³-hybridized carbons (Fsp3) is 0.158. The number of aromatic nitrogens is 4. The predicted molar refractivity (Wildman–Crippen MR) is 113 cm³/mol. The number of hydrogen-bond acceptors (Lipinski definition) is 7. The Morgan fingerprint density at radius 2 is 2.04 bits per heavy atom. The van der Waals surface area contributed by atoms with E-state index in [0.717, 1.165) is 28.2 Å². The van der Waals surface area contributed by atoms with Crippen molar-refractivity contribution in [2.75, 3.05) is 11.2 Å². The lowest BCUT2D eigenvalue weighted by Crippen LogP contribution is -2.23. The van der Waals surface area contributed by atoms with Crippen LogP contribution in [0.5, 0.6) is 0 Å². The lowest BCUT2D eigenvalue weighted by atomic mass is 10.1. The maximum atomic E-state index is 12.4. The number of thioether (sulfide) groups is 1.